The largest absolute Gasteiger partial charge is 0.497 e. The minimum Gasteiger partial charge on any atom is -0.497 e. The maximum Gasteiger partial charge on any atom is 0.119 e. The van der Waals surface area contributed by atoms with Crippen LogP contribution in [0.5, 0.6) is 5.75 Å². The Labute approximate surface area is 128 Å². The Morgan fingerprint density at radius 2 is 2.11 bits per heavy atom. The molecule has 0 spiro atoms. The van der Waals surface area contributed by atoms with E-state index in [2.05, 4.69) is 57.0 Å². The lowest BCUT2D eigenvalue weighted by Gasteiger charge is -2.09. The molecule has 0 saturated heterocycles. The first-order valence-corrected chi connectivity index (χ1v) is 8.15. The number of halogens is 2. The van der Waals surface area contributed by atoms with E-state index in [0.29, 0.717) is 4.83 Å². The van der Waals surface area contributed by atoms with Crippen molar-refractivity contribution < 1.29 is 4.74 Å². The number of thiophene rings is 1. The molecule has 1 heterocycles. The van der Waals surface area contributed by atoms with Crippen LogP contribution in [-0.4, -0.2) is 7.11 Å². The molecule has 1 atom stereocenters. The van der Waals surface area contributed by atoms with Gasteiger partial charge in [-0.2, -0.15) is 0 Å². The molecule has 4 heteroatoms. The van der Waals surface area contributed by atoms with E-state index in [1.54, 1.807) is 7.11 Å². The predicted octanol–water partition coefficient (Wildman–Crippen LogP) is 5.51. The van der Waals surface area contributed by atoms with E-state index in [4.69, 9.17) is 4.74 Å². The Kier molecular flexibility index (Phi) is 4.87. The zero-order chi connectivity index (χ0) is 13.1. The first-order valence-electron chi connectivity index (χ1n) is 5.63. The molecule has 0 aliphatic carbocycles. The second-order valence-corrected chi connectivity index (χ2v) is 7.32. The van der Waals surface area contributed by atoms with Crippen molar-refractivity contribution >= 4 is 43.2 Å². The molecular weight excluding hydrogens is 376 g/mol. The van der Waals surface area contributed by atoms with Crippen LogP contribution in [0, 0.1) is 6.92 Å². The van der Waals surface area contributed by atoms with Crippen molar-refractivity contribution in [3.05, 3.63) is 50.1 Å². The molecule has 0 fully saturated rings. The summed E-state index contributed by atoms with van der Waals surface area (Å²) in [5.74, 6) is 0.913. The van der Waals surface area contributed by atoms with Crippen molar-refractivity contribution in [2.45, 2.75) is 18.2 Å². The molecule has 0 aliphatic rings. The summed E-state index contributed by atoms with van der Waals surface area (Å²) in [5, 5.41) is 0. The molecule has 0 saturated carbocycles. The van der Waals surface area contributed by atoms with E-state index in [1.165, 1.54) is 19.8 Å². The second kappa shape index (κ2) is 6.22. The van der Waals surface area contributed by atoms with Crippen LogP contribution in [0.4, 0.5) is 0 Å². The highest BCUT2D eigenvalue weighted by atomic mass is 79.9. The van der Waals surface area contributed by atoms with Crippen LogP contribution in [0.1, 0.15) is 20.1 Å². The van der Waals surface area contributed by atoms with E-state index in [9.17, 15) is 0 Å². The van der Waals surface area contributed by atoms with Gasteiger partial charge in [0.15, 0.2) is 0 Å². The van der Waals surface area contributed by atoms with Gasteiger partial charge in [0.25, 0.3) is 0 Å². The Bertz CT molecular complexity index is 517. The molecule has 0 amide bonds. The van der Waals surface area contributed by atoms with Gasteiger partial charge in [-0.1, -0.05) is 28.1 Å². The number of alkyl halides is 1. The van der Waals surface area contributed by atoms with Crippen LogP contribution in [0.25, 0.3) is 0 Å². The van der Waals surface area contributed by atoms with Gasteiger partial charge in [-0.15, -0.1) is 11.3 Å². The summed E-state index contributed by atoms with van der Waals surface area (Å²) in [4.78, 5) is 3.02. The predicted molar refractivity (Wildman–Crippen MR) is 85.1 cm³/mol. The Hall–Kier alpha value is -0.320. The molecule has 2 aromatic rings. The third-order valence-corrected chi connectivity index (χ3v) is 6.10. The van der Waals surface area contributed by atoms with E-state index in [1.807, 2.05) is 23.5 Å². The van der Waals surface area contributed by atoms with Gasteiger partial charge in [0, 0.05) is 14.2 Å². The molecule has 1 nitrogen and oxygen atoms in total. The second-order valence-electron chi connectivity index (χ2n) is 4.08. The molecule has 18 heavy (non-hydrogen) atoms. The molecule has 0 radical (unpaired) electrons. The fourth-order valence-electron chi connectivity index (χ4n) is 1.74. The number of rotatable bonds is 4. The molecule has 1 aromatic heterocycles. The standard InChI is InChI=1S/C14H14Br2OS/c1-9-12(15)8-14(18-9)13(16)7-10-4-3-5-11(6-10)17-2/h3-6,8,13H,7H2,1-2H3. The lowest BCUT2D eigenvalue weighted by molar-refractivity contribution is 0.414. The average molecular weight is 390 g/mol. The lowest BCUT2D eigenvalue weighted by Crippen LogP contribution is -1.93. The van der Waals surface area contributed by atoms with Crippen molar-refractivity contribution in [2.75, 3.05) is 7.11 Å². The SMILES string of the molecule is COc1cccc(CC(Br)c2cc(Br)c(C)s2)c1. The van der Waals surface area contributed by atoms with Crippen LogP contribution >= 0.6 is 43.2 Å². The van der Waals surface area contributed by atoms with Gasteiger partial charge in [-0.3, -0.25) is 0 Å². The third-order valence-electron chi connectivity index (χ3n) is 2.73. The highest BCUT2D eigenvalue weighted by Gasteiger charge is 2.13. The van der Waals surface area contributed by atoms with Crippen LogP contribution in [0.15, 0.2) is 34.8 Å². The maximum atomic E-state index is 5.25. The van der Waals surface area contributed by atoms with Gasteiger partial charge >= 0.3 is 0 Å². The maximum absolute atomic E-state index is 5.25. The van der Waals surface area contributed by atoms with E-state index in [0.717, 1.165) is 12.2 Å². The van der Waals surface area contributed by atoms with Crippen LogP contribution in [0.2, 0.25) is 0 Å². The normalized spacial score (nSPS) is 12.4. The van der Waals surface area contributed by atoms with Gasteiger partial charge in [0.1, 0.15) is 5.75 Å². The average Bonchev–Trinajstić information content (AvgIpc) is 2.70. The minimum atomic E-state index is 0.347. The Balaban J connectivity index is 2.13. The fourth-order valence-corrected chi connectivity index (χ4v) is 4.07. The Morgan fingerprint density at radius 1 is 1.33 bits per heavy atom. The van der Waals surface area contributed by atoms with Gasteiger partial charge < -0.3 is 4.74 Å². The zero-order valence-corrected chi connectivity index (χ0v) is 14.2. The third kappa shape index (κ3) is 3.37. The smallest absolute Gasteiger partial charge is 0.119 e. The zero-order valence-electron chi connectivity index (χ0n) is 10.2. The molecule has 0 aliphatic heterocycles. The highest BCUT2D eigenvalue weighted by Crippen LogP contribution is 2.36. The van der Waals surface area contributed by atoms with Gasteiger partial charge in [-0.25, -0.2) is 0 Å². The van der Waals surface area contributed by atoms with Crippen molar-refractivity contribution in [1.82, 2.24) is 0 Å². The van der Waals surface area contributed by atoms with Gasteiger partial charge in [0.2, 0.25) is 0 Å². The summed E-state index contributed by atoms with van der Waals surface area (Å²) in [7, 11) is 1.70. The molecule has 2 rings (SSSR count). The van der Waals surface area contributed by atoms with Crippen molar-refractivity contribution in [2.24, 2.45) is 0 Å². The van der Waals surface area contributed by atoms with Crippen molar-refractivity contribution in [3.63, 3.8) is 0 Å². The summed E-state index contributed by atoms with van der Waals surface area (Å²) >= 11 is 9.15. The number of aryl methyl sites for hydroxylation is 1. The summed E-state index contributed by atoms with van der Waals surface area (Å²) in [6.07, 6.45) is 0.962. The van der Waals surface area contributed by atoms with Crippen LogP contribution < -0.4 is 4.74 Å². The highest BCUT2D eigenvalue weighted by molar-refractivity contribution is 9.10. The van der Waals surface area contributed by atoms with Crippen LogP contribution in [0.3, 0.4) is 0 Å². The van der Waals surface area contributed by atoms with Gasteiger partial charge in [0.05, 0.1) is 11.9 Å². The first-order chi connectivity index (χ1) is 8.60. The van der Waals surface area contributed by atoms with E-state index >= 15 is 0 Å². The fraction of sp³-hybridized carbons (Fsp3) is 0.286. The van der Waals surface area contributed by atoms with E-state index in [-0.39, 0.29) is 0 Å². The number of hydrogen-bond acceptors (Lipinski definition) is 2. The molecule has 1 aromatic carbocycles. The van der Waals surface area contributed by atoms with Crippen LogP contribution in [-0.2, 0) is 6.42 Å². The summed E-state index contributed by atoms with van der Waals surface area (Å²) in [6, 6.07) is 10.4. The lowest BCUT2D eigenvalue weighted by atomic mass is 10.1. The van der Waals surface area contributed by atoms with Crippen molar-refractivity contribution in [1.29, 1.82) is 0 Å². The molecule has 0 bridgehead atoms. The van der Waals surface area contributed by atoms with E-state index < -0.39 is 0 Å². The first kappa shape index (κ1) is 14.1. The molecule has 96 valence electrons. The van der Waals surface area contributed by atoms with Crippen molar-refractivity contribution in [3.8, 4) is 5.75 Å². The quantitative estimate of drug-likeness (QED) is 0.626. The number of methoxy groups -OCH3 is 1. The Morgan fingerprint density at radius 3 is 2.72 bits per heavy atom. The monoisotopic (exact) mass is 388 g/mol. The minimum absolute atomic E-state index is 0.347. The number of ether oxygens (including phenoxy) is 1. The topological polar surface area (TPSA) is 9.23 Å². The summed E-state index contributed by atoms with van der Waals surface area (Å²) < 4.78 is 6.44. The number of benzene rings is 1. The summed E-state index contributed by atoms with van der Waals surface area (Å²) in [6.45, 7) is 2.13. The number of hydrogen-bond donors (Lipinski definition) is 0. The summed E-state index contributed by atoms with van der Waals surface area (Å²) in [5.41, 5.74) is 1.28. The molecular formula is C14H14Br2OS. The molecule has 1 unspecified atom stereocenters. The molecule has 0 N–H and O–H groups in total. The van der Waals surface area contributed by atoms with Gasteiger partial charge in [-0.05, 0) is 53.0 Å².